The number of β-lactam (4-membered cyclic amide) rings is 1. The molecule has 0 saturated carbocycles. The van der Waals surface area contributed by atoms with E-state index in [9.17, 15) is 29.6 Å². The number of aliphatic carboxylic acids is 1. The summed E-state index contributed by atoms with van der Waals surface area (Å²) in [5, 5.41) is 22.9. The van der Waals surface area contributed by atoms with Gasteiger partial charge >= 0.3 is 12.1 Å². The zero-order valence-electron chi connectivity index (χ0n) is 17.4. The minimum Gasteiger partial charge on any atom is -0.480 e. The van der Waals surface area contributed by atoms with Crippen molar-refractivity contribution in [2.75, 3.05) is 5.75 Å². The topological polar surface area (TPSA) is 139 Å². The van der Waals surface area contributed by atoms with Gasteiger partial charge in [0.05, 0.1) is 4.92 Å². The molecule has 11 heteroatoms. The third-order valence-corrected chi connectivity index (χ3v) is 6.26. The number of fused-ring (bicyclic) bond motifs is 1. The minimum absolute atomic E-state index is 0.155. The van der Waals surface area contributed by atoms with Crippen LogP contribution < -0.4 is 5.32 Å². The number of non-ortho nitro benzene ring substituents is 1. The molecule has 2 aliphatic rings. The number of amides is 2. The van der Waals surface area contributed by atoms with E-state index in [0.29, 0.717) is 17.0 Å². The van der Waals surface area contributed by atoms with Crippen molar-refractivity contribution < 1.29 is 29.2 Å². The number of nitro groups is 1. The third-order valence-electron chi connectivity index (χ3n) is 4.84. The molecule has 10 nitrogen and oxygen atoms in total. The van der Waals surface area contributed by atoms with Crippen molar-refractivity contribution in [2.45, 2.75) is 50.6 Å². The van der Waals surface area contributed by atoms with E-state index in [0.717, 1.165) is 5.57 Å². The summed E-state index contributed by atoms with van der Waals surface area (Å²) in [6.45, 7) is 6.88. The molecule has 2 N–H and O–H groups in total. The lowest BCUT2D eigenvalue weighted by Gasteiger charge is -2.51. The summed E-state index contributed by atoms with van der Waals surface area (Å²) in [5.74, 6) is -2.29. The maximum atomic E-state index is 12.9. The first-order valence-corrected chi connectivity index (χ1v) is 10.6. The zero-order valence-corrected chi connectivity index (χ0v) is 18.3. The fourth-order valence-electron chi connectivity index (χ4n) is 3.54. The molecule has 1 saturated heterocycles. The fraction of sp³-hybridized carbons (Fsp3) is 0.450. The number of thioether (sulfide) groups is 1. The van der Waals surface area contributed by atoms with Gasteiger partial charge in [-0.3, -0.25) is 24.6 Å². The summed E-state index contributed by atoms with van der Waals surface area (Å²) >= 11 is 1.42. The second-order valence-corrected chi connectivity index (χ2v) is 9.42. The smallest absolute Gasteiger partial charge is 0.408 e. The normalized spacial score (nSPS) is 21.7. The molecule has 0 aliphatic carbocycles. The van der Waals surface area contributed by atoms with E-state index in [2.05, 4.69) is 5.32 Å². The molecule has 0 aromatic heterocycles. The van der Waals surface area contributed by atoms with E-state index in [1.165, 1.54) is 40.9 Å². The van der Waals surface area contributed by atoms with Crippen LogP contribution in [-0.2, 0) is 14.3 Å². The molecule has 2 aliphatic heterocycles. The van der Waals surface area contributed by atoms with Gasteiger partial charge in [-0.2, -0.15) is 0 Å². The van der Waals surface area contributed by atoms with E-state index in [1.54, 1.807) is 27.7 Å². The van der Waals surface area contributed by atoms with Crippen molar-refractivity contribution >= 4 is 35.4 Å². The standard InChI is InChI=1S/C20H23N3O7S/c1-10-9-31-17-14(21-19(27)30-20(2,3)4)16(24)22(17)15(10)13(18(25)26)11-5-7-12(8-6-11)23(28)29/h5-8,13-14,17H,9H2,1-4H3,(H,21,27)(H,25,26)/t13?,14-,17+/m1/s1. The monoisotopic (exact) mass is 449 g/mol. The van der Waals surface area contributed by atoms with Crippen molar-refractivity contribution in [3.05, 3.63) is 51.2 Å². The lowest BCUT2D eigenvalue weighted by molar-refractivity contribution is -0.384. The number of nitrogens with zero attached hydrogens (tertiary/aromatic N) is 2. The van der Waals surface area contributed by atoms with E-state index in [4.69, 9.17) is 4.74 Å². The average Bonchev–Trinajstić information content (AvgIpc) is 2.66. The third kappa shape index (κ3) is 4.50. The second-order valence-electron chi connectivity index (χ2n) is 8.32. The Morgan fingerprint density at radius 1 is 1.32 bits per heavy atom. The summed E-state index contributed by atoms with van der Waals surface area (Å²) in [4.78, 5) is 48.9. The molecule has 166 valence electrons. The quantitative estimate of drug-likeness (QED) is 0.397. The van der Waals surface area contributed by atoms with E-state index < -0.39 is 45.8 Å². The van der Waals surface area contributed by atoms with Gasteiger partial charge in [-0.15, -0.1) is 11.8 Å². The number of ether oxygens (including phenoxy) is 1. The minimum atomic E-state index is -1.18. The molecule has 0 radical (unpaired) electrons. The molecule has 2 amide bonds. The first kappa shape index (κ1) is 22.6. The molecule has 2 heterocycles. The Labute approximate surface area is 182 Å². The van der Waals surface area contributed by atoms with Crippen molar-refractivity contribution in [2.24, 2.45) is 0 Å². The Bertz CT molecular complexity index is 968. The number of nitrogens with one attached hydrogen (secondary N) is 1. The highest BCUT2D eigenvalue weighted by Gasteiger charge is 2.54. The van der Waals surface area contributed by atoms with Gasteiger partial charge in [0.25, 0.3) is 11.6 Å². The van der Waals surface area contributed by atoms with Gasteiger partial charge in [-0.1, -0.05) is 12.1 Å². The molecule has 31 heavy (non-hydrogen) atoms. The summed E-state index contributed by atoms with van der Waals surface area (Å²) < 4.78 is 5.21. The highest BCUT2D eigenvalue weighted by molar-refractivity contribution is 8.00. The van der Waals surface area contributed by atoms with Crippen LogP contribution in [0.3, 0.4) is 0 Å². The van der Waals surface area contributed by atoms with Gasteiger partial charge in [0, 0.05) is 23.6 Å². The predicted octanol–water partition coefficient (Wildman–Crippen LogP) is 2.85. The van der Waals surface area contributed by atoms with Crippen LogP contribution in [0.15, 0.2) is 35.5 Å². The highest BCUT2D eigenvalue weighted by atomic mass is 32.2. The number of rotatable bonds is 5. The van der Waals surface area contributed by atoms with E-state index >= 15 is 0 Å². The summed E-state index contributed by atoms with van der Waals surface area (Å²) in [7, 11) is 0. The van der Waals surface area contributed by atoms with Gasteiger partial charge in [0.2, 0.25) is 0 Å². The Balaban J connectivity index is 1.87. The number of benzene rings is 1. The van der Waals surface area contributed by atoms with E-state index in [1.807, 2.05) is 0 Å². The van der Waals surface area contributed by atoms with Crippen LogP contribution in [0, 0.1) is 10.1 Å². The van der Waals surface area contributed by atoms with E-state index in [-0.39, 0.29) is 5.69 Å². The lowest BCUT2D eigenvalue weighted by Crippen LogP contribution is -2.70. The number of hydrogen-bond donors (Lipinski definition) is 2. The Morgan fingerprint density at radius 3 is 2.45 bits per heavy atom. The number of carboxylic acid groups (broad SMARTS) is 1. The van der Waals surface area contributed by atoms with Crippen molar-refractivity contribution in [3.8, 4) is 0 Å². The molecular formula is C20H23N3O7S. The number of hydrogen-bond acceptors (Lipinski definition) is 7. The number of carboxylic acids is 1. The first-order valence-electron chi connectivity index (χ1n) is 9.51. The molecule has 1 unspecified atom stereocenters. The molecule has 1 aromatic rings. The van der Waals surface area contributed by atoms with Crippen LogP contribution in [-0.4, -0.2) is 55.7 Å². The van der Waals surface area contributed by atoms with Gasteiger partial charge in [0.15, 0.2) is 0 Å². The van der Waals surface area contributed by atoms with Crippen molar-refractivity contribution in [1.82, 2.24) is 10.2 Å². The Morgan fingerprint density at radius 2 is 1.94 bits per heavy atom. The maximum absolute atomic E-state index is 12.9. The van der Waals surface area contributed by atoms with Gasteiger partial charge in [-0.05, 0) is 38.8 Å². The second kappa shape index (κ2) is 8.22. The zero-order chi connectivity index (χ0) is 23.1. The summed E-state index contributed by atoms with van der Waals surface area (Å²) in [5.41, 5.74) is 0.502. The molecule has 3 rings (SSSR count). The Kier molecular flexibility index (Phi) is 5.99. The molecule has 1 fully saturated rings. The molecular weight excluding hydrogens is 426 g/mol. The van der Waals surface area contributed by atoms with Crippen LogP contribution in [0.25, 0.3) is 0 Å². The summed E-state index contributed by atoms with van der Waals surface area (Å²) in [6, 6.07) is 4.42. The fourth-order valence-corrected chi connectivity index (χ4v) is 4.85. The SMILES string of the molecule is CC1=C(C(C(=O)O)c2ccc([N+](=O)[O-])cc2)N2C(=O)[C@@H](NC(=O)OC(C)(C)C)[C@@H]2SC1. The molecule has 3 atom stereocenters. The predicted molar refractivity (Wildman–Crippen MR) is 112 cm³/mol. The highest BCUT2D eigenvalue weighted by Crippen LogP contribution is 2.45. The van der Waals surface area contributed by atoms with Crippen LogP contribution in [0.1, 0.15) is 39.2 Å². The van der Waals surface area contributed by atoms with Gasteiger partial charge in [-0.25, -0.2) is 4.79 Å². The maximum Gasteiger partial charge on any atom is 0.408 e. The number of nitro benzene ring substituents is 1. The average molecular weight is 449 g/mol. The molecule has 0 bridgehead atoms. The largest absolute Gasteiger partial charge is 0.480 e. The van der Waals surface area contributed by atoms with Crippen molar-refractivity contribution in [1.29, 1.82) is 0 Å². The Hall–Kier alpha value is -3.08. The van der Waals surface area contributed by atoms with Gasteiger partial charge in [0.1, 0.15) is 22.9 Å². The van der Waals surface area contributed by atoms with Crippen LogP contribution >= 0.6 is 11.8 Å². The van der Waals surface area contributed by atoms with Crippen molar-refractivity contribution in [3.63, 3.8) is 0 Å². The number of carbonyl (C=O) groups is 3. The molecule has 1 aromatic carbocycles. The van der Waals surface area contributed by atoms with Gasteiger partial charge < -0.3 is 15.2 Å². The lowest BCUT2D eigenvalue weighted by atomic mass is 9.89. The molecule has 0 spiro atoms. The van der Waals surface area contributed by atoms with Crippen LogP contribution in [0.5, 0.6) is 0 Å². The number of alkyl carbamates (subject to hydrolysis) is 1. The first-order chi connectivity index (χ1) is 14.4. The summed E-state index contributed by atoms with van der Waals surface area (Å²) in [6.07, 6.45) is -0.718. The number of carbonyl (C=O) groups excluding carboxylic acids is 2. The van der Waals surface area contributed by atoms with Crippen LogP contribution in [0.4, 0.5) is 10.5 Å². The van der Waals surface area contributed by atoms with Crippen LogP contribution in [0.2, 0.25) is 0 Å².